The lowest BCUT2D eigenvalue weighted by Gasteiger charge is -2.14. The van der Waals surface area contributed by atoms with Crippen LogP contribution in [0.5, 0.6) is 0 Å². The van der Waals surface area contributed by atoms with Gasteiger partial charge in [-0.1, -0.05) is 48.6 Å². The maximum atomic E-state index is 12.2. The molecule has 0 radical (unpaired) electrons. The number of carbonyl (C=O) groups is 1. The van der Waals surface area contributed by atoms with E-state index in [9.17, 15) is 4.79 Å². The van der Waals surface area contributed by atoms with Gasteiger partial charge < -0.3 is 10.6 Å². The Labute approximate surface area is 159 Å². The number of rotatable bonds is 4. The van der Waals surface area contributed by atoms with E-state index in [0.29, 0.717) is 10.6 Å². The highest BCUT2D eigenvalue weighted by atomic mass is 32.1. The summed E-state index contributed by atoms with van der Waals surface area (Å²) in [6.45, 7) is 4.09. The first-order valence-electron chi connectivity index (χ1n) is 8.38. The van der Waals surface area contributed by atoms with Gasteiger partial charge in [0.2, 0.25) is 0 Å². The van der Waals surface area contributed by atoms with Gasteiger partial charge in [-0.2, -0.15) is 0 Å². The summed E-state index contributed by atoms with van der Waals surface area (Å²) in [6, 6.07) is 23.1. The highest BCUT2D eigenvalue weighted by molar-refractivity contribution is 7.80. The monoisotopic (exact) mass is 360 g/mol. The van der Waals surface area contributed by atoms with Crippen LogP contribution in [-0.4, -0.2) is 10.9 Å². The molecule has 0 aromatic heterocycles. The Morgan fingerprint density at radius 3 is 2.12 bits per heavy atom. The van der Waals surface area contributed by atoms with Gasteiger partial charge in [0, 0.05) is 22.5 Å². The quantitative estimate of drug-likeness (QED) is 0.632. The number of hydrogen-bond donors (Lipinski definition) is 2. The molecule has 0 atom stereocenters. The lowest BCUT2D eigenvalue weighted by atomic mass is 10.1. The Morgan fingerprint density at radius 1 is 0.769 bits per heavy atom. The van der Waals surface area contributed by atoms with Crippen LogP contribution < -0.4 is 10.6 Å². The maximum absolute atomic E-state index is 12.2. The Bertz CT molecular complexity index is 951. The van der Waals surface area contributed by atoms with Crippen molar-refractivity contribution in [2.24, 2.45) is 0 Å². The summed E-state index contributed by atoms with van der Waals surface area (Å²) < 4.78 is 0. The highest BCUT2D eigenvalue weighted by Gasteiger charge is 2.10. The average Bonchev–Trinajstić information content (AvgIpc) is 2.65. The molecule has 0 saturated carbocycles. The lowest BCUT2D eigenvalue weighted by Crippen LogP contribution is -2.29. The molecule has 0 bridgehead atoms. The van der Waals surface area contributed by atoms with Crippen molar-refractivity contribution in [3.8, 4) is 0 Å². The van der Waals surface area contributed by atoms with Crippen molar-refractivity contribution in [2.75, 3.05) is 5.32 Å². The molecule has 130 valence electrons. The summed E-state index contributed by atoms with van der Waals surface area (Å²) >= 11 is 5.40. The molecule has 3 nitrogen and oxygen atoms in total. The topological polar surface area (TPSA) is 41.1 Å². The van der Waals surface area contributed by atoms with Crippen LogP contribution >= 0.6 is 12.2 Å². The molecule has 0 unspecified atom stereocenters. The zero-order chi connectivity index (χ0) is 18.5. The van der Waals surface area contributed by atoms with Crippen LogP contribution in [-0.2, 0) is 0 Å². The van der Waals surface area contributed by atoms with Crippen LogP contribution in [0.25, 0.3) is 0 Å². The van der Waals surface area contributed by atoms with E-state index >= 15 is 0 Å². The Kier molecular flexibility index (Phi) is 5.44. The van der Waals surface area contributed by atoms with Crippen molar-refractivity contribution >= 4 is 34.5 Å². The van der Waals surface area contributed by atoms with Gasteiger partial charge in [0.05, 0.1) is 0 Å². The molecule has 0 aliphatic rings. The number of amides is 1. The number of carbonyl (C=O) groups excluding carboxylic acids is 1. The second kappa shape index (κ2) is 7.93. The van der Waals surface area contributed by atoms with Crippen molar-refractivity contribution in [1.29, 1.82) is 0 Å². The number of hydrogen-bond acceptors (Lipinski definition) is 3. The van der Waals surface area contributed by atoms with Crippen LogP contribution in [0.15, 0.2) is 72.8 Å². The molecule has 0 aliphatic heterocycles. The molecule has 0 heterocycles. The molecule has 3 aromatic carbocycles. The Morgan fingerprint density at radius 2 is 1.42 bits per heavy atom. The highest BCUT2D eigenvalue weighted by Crippen LogP contribution is 2.24. The van der Waals surface area contributed by atoms with Crippen molar-refractivity contribution < 1.29 is 4.79 Å². The van der Waals surface area contributed by atoms with Gasteiger partial charge in [-0.3, -0.25) is 4.79 Å². The summed E-state index contributed by atoms with van der Waals surface area (Å²) in [7, 11) is 0. The van der Waals surface area contributed by atoms with E-state index in [1.54, 1.807) is 12.1 Å². The molecule has 4 heteroatoms. The third kappa shape index (κ3) is 4.16. The first-order chi connectivity index (χ1) is 12.5. The molecular formula is C22H20N2OS. The smallest absolute Gasteiger partial charge is 0.256 e. The largest absolute Gasteiger partial charge is 0.355 e. The van der Waals surface area contributed by atoms with Crippen molar-refractivity contribution in [3.05, 3.63) is 95.1 Å². The fourth-order valence-corrected chi connectivity index (χ4v) is 2.86. The van der Waals surface area contributed by atoms with Crippen molar-refractivity contribution in [2.45, 2.75) is 13.8 Å². The van der Waals surface area contributed by atoms with Crippen LogP contribution in [0.4, 0.5) is 11.4 Å². The Hall–Kier alpha value is -2.98. The number of anilines is 2. The zero-order valence-corrected chi connectivity index (χ0v) is 15.6. The number of para-hydroxylation sites is 1. The minimum absolute atomic E-state index is 0.199. The first-order valence-corrected chi connectivity index (χ1v) is 8.79. The first kappa shape index (κ1) is 17.8. The van der Waals surface area contributed by atoms with Gasteiger partial charge in [0.1, 0.15) is 4.99 Å². The van der Waals surface area contributed by atoms with Crippen molar-refractivity contribution in [3.63, 3.8) is 0 Å². The van der Waals surface area contributed by atoms with Crippen LogP contribution in [0.3, 0.4) is 0 Å². The van der Waals surface area contributed by atoms with Gasteiger partial charge in [-0.15, -0.1) is 0 Å². The minimum Gasteiger partial charge on any atom is -0.355 e. The summed E-state index contributed by atoms with van der Waals surface area (Å²) in [6.07, 6.45) is 0. The molecule has 0 aliphatic carbocycles. The Balaban J connectivity index is 1.74. The summed E-state index contributed by atoms with van der Waals surface area (Å²) in [4.78, 5) is 12.7. The minimum atomic E-state index is -0.199. The summed E-state index contributed by atoms with van der Waals surface area (Å²) in [5, 5.41) is 6.23. The number of thiocarbonyl (C=S) groups is 1. The molecule has 0 saturated heterocycles. The molecule has 2 N–H and O–H groups in total. The summed E-state index contributed by atoms with van der Waals surface area (Å²) in [5.41, 5.74) is 5.73. The van der Waals surface area contributed by atoms with E-state index in [2.05, 4.69) is 23.6 Å². The number of aryl methyl sites for hydroxylation is 2. The fraction of sp³-hybridized carbons (Fsp3) is 0.0909. The third-order valence-electron chi connectivity index (χ3n) is 4.17. The van der Waals surface area contributed by atoms with Gasteiger partial charge >= 0.3 is 0 Å². The second-order valence-electron chi connectivity index (χ2n) is 6.12. The predicted octanol–water partition coefficient (Wildman–Crippen LogP) is 5.15. The molecule has 26 heavy (non-hydrogen) atoms. The van der Waals surface area contributed by atoms with E-state index in [1.807, 2.05) is 61.5 Å². The van der Waals surface area contributed by atoms with Gasteiger partial charge in [-0.25, -0.2) is 0 Å². The van der Waals surface area contributed by atoms with Crippen LogP contribution in [0.1, 0.15) is 27.0 Å². The van der Waals surface area contributed by atoms with Gasteiger partial charge in [0.25, 0.3) is 5.91 Å². The summed E-state index contributed by atoms with van der Waals surface area (Å²) in [5.74, 6) is -0.199. The van der Waals surface area contributed by atoms with Crippen LogP contribution in [0.2, 0.25) is 0 Å². The molecular weight excluding hydrogens is 340 g/mol. The van der Waals surface area contributed by atoms with E-state index in [4.69, 9.17) is 12.2 Å². The normalized spacial score (nSPS) is 10.2. The van der Waals surface area contributed by atoms with E-state index < -0.39 is 0 Å². The molecule has 3 aromatic rings. The van der Waals surface area contributed by atoms with E-state index in [1.165, 1.54) is 5.56 Å². The molecule has 3 rings (SSSR count). The van der Waals surface area contributed by atoms with Gasteiger partial charge in [0.15, 0.2) is 0 Å². The standard InChI is InChI=1S/C22H20N2OS/c1-15-8-6-7-11-19(15)23-20-13-12-18(14-16(20)2)22(26)24-21(25)17-9-4-3-5-10-17/h3-14,23H,1-2H3,(H,24,25,26). The molecule has 0 spiro atoms. The average molecular weight is 360 g/mol. The maximum Gasteiger partial charge on any atom is 0.256 e. The lowest BCUT2D eigenvalue weighted by molar-refractivity contribution is 0.0978. The SMILES string of the molecule is Cc1ccccc1Nc1ccc(C(=S)NC(=O)c2ccccc2)cc1C. The second-order valence-corrected chi connectivity index (χ2v) is 6.53. The van der Waals surface area contributed by atoms with Crippen molar-refractivity contribution in [1.82, 2.24) is 5.32 Å². The van der Waals surface area contributed by atoms with E-state index in [0.717, 1.165) is 22.5 Å². The zero-order valence-electron chi connectivity index (χ0n) is 14.7. The van der Waals surface area contributed by atoms with E-state index in [-0.39, 0.29) is 5.91 Å². The molecule has 0 fully saturated rings. The fourth-order valence-electron chi connectivity index (χ4n) is 2.64. The van der Waals surface area contributed by atoms with Crippen LogP contribution in [0, 0.1) is 13.8 Å². The predicted molar refractivity (Wildman–Crippen MR) is 111 cm³/mol. The number of nitrogens with one attached hydrogen (secondary N) is 2. The van der Waals surface area contributed by atoms with Gasteiger partial charge in [-0.05, 0) is 61.4 Å². The molecule has 1 amide bonds. The number of benzene rings is 3. The third-order valence-corrected chi connectivity index (χ3v) is 4.50.